The van der Waals surface area contributed by atoms with Crippen molar-refractivity contribution >= 4 is 139 Å². The molecule has 20 aromatic rings. The van der Waals surface area contributed by atoms with Gasteiger partial charge in [0.25, 0.3) is 6.71 Å². The molecule has 0 amide bonds. The van der Waals surface area contributed by atoms with Crippen molar-refractivity contribution in [1.29, 1.82) is 0 Å². The van der Waals surface area contributed by atoms with Crippen molar-refractivity contribution in [3.63, 3.8) is 0 Å². The molecule has 6 heteroatoms. The van der Waals surface area contributed by atoms with E-state index in [9.17, 15) is 0 Å². The van der Waals surface area contributed by atoms with Crippen molar-refractivity contribution in [3.8, 4) is 72.4 Å². The van der Waals surface area contributed by atoms with E-state index in [2.05, 4.69) is 436 Å². The van der Waals surface area contributed by atoms with Gasteiger partial charge < -0.3 is 23.2 Å². The fourth-order valence-electron chi connectivity index (χ4n) is 19.7. The van der Waals surface area contributed by atoms with Gasteiger partial charge in [-0.1, -0.05) is 301 Å². The van der Waals surface area contributed by atoms with Crippen LogP contribution in [0.2, 0.25) is 0 Å². The predicted octanol–water partition coefficient (Wildman–Crippen LogP) is 29.1. The lowest BCUT2D eigenvalue weighted by Gasteiger charge is -2.46. The third-order valence-electron chi connectivity index (χ3n) is 25.8. The molecule has 4 aromatic heterocycles. The van der Waals surface area contributed by atoms with Gasteiger partial charge in [0.2, 0.25) is 0 Å². The highest BCUT2D eigenvalue weighted by Crippen LogP contribution is 2.57. The summed E-state index contributed by atoms with van der Waals surface area (Å²) in [5.74, 6) is 0. The van der Waals surface area contributed by atoms with E-state index < -0.39 is 0 Å². The van der Waals surface area contributed by atoms with Gasteiger partial charge in [0.05, 0.1) is 39.0 Å². The van der Waals surface area contributed by atoms with Gasteiger partial charge in [-0.2, -0.15) is 0 Å². The third-order valence-corrected chi connectivity index (χ3v) is 25.8. The van der Waals surface area contributed by atoms with Crippen molar-refractivity contribution in [2.75, 3.05) is 9.80 Å². The SMILES string of the molecule is CC(C)(C)c1cc(-c2ccccc2)c(N2c3cc(-c4ccc5c(c4)c4cccc6c7ccccc7n5c64)ccc3B3c4ccc(-n5c6ccc(C(C)(C)C)cc6c6cc(C(C)(C)C)ccc65)cc4N(c4c(-c5ccccc5)cc(C(C)(C)C)cc4-c4ccccc4)c4cc(-c5ccc6oc7ccccc7c6c5)cc2c43)c(-c2ccccc2)c1. The molecule has 22 rings (SSSR count). The van der Waals surface area contributed by atoms with Crippen LogP contribution in [-0.4, -0.2) is 15.7 Å². The lowest BCUT2D eigenvalue weighted by Crippen LogP contribution is -2.61. The molecule has 0 fully saturated rings. The van der Waals surface area contributed by atoms with Crippen LogP contribution in [0, 0.1) is 0 Å². The third kappa shape index (κ3) is 11.1. The highest BCUT2D eigenvalue weighted by Gasteiger charge is 2.47. The molecule has 2 aliphatic heterocycles. The molecule has 2 aliphatic rings. The van der Waals surface area contributed by atoms with Crippen LogP contribution in [0.3, 0.4) is 0 Å². The van der Waals surface area contributed by atoms with Crippen LogP contribution in [0.25, 0.3) is 154 Å². The van der Waals surface area contributed by atoms with E-state index in [1.165, 1.54) is 98.5 Å². The standard InChI is InChI=1S/C112H91BN4O/c1-109(2,3)76-47-53-96-90(61-76)91-62-77(110(4,5)6)48-54-97(91)114(96)80-49-51-94-100(67-80)117(108-87(70-34-21-15-22-35-70)65-79(112(10,11)12)66-88(108)71-36-23-16-24-37-71)102-60-75(73-46-55-104-92(57-73)82-39-26-28-43-103(82)118-104)59-101-105(102)113(94)93-50-44-74(72-45-52-98-89(56-72)84-41-29-40-83-81-38-25-27-42-95(81)115(98)106(83)84)58-99(93)116(101)107-85(68-30-17-13-18-31-68)63-78(111(7,8)9)64-86(107)69-32-19-14-20-33-69/h13-67H,1-12H3. The van der Waals surface area contributed by atoms with Gasteiger partial charge in [-0.25, -0.2) is 0 Å². The summed E-state index contributed by atoms with van der Waals surface area (Å²) < 4.78 is 11.8. The average molecular weight is 1520 g/mol. The monoisotopic (exact) mass is 1520 g/mol. The molecule has 0 atom stereocenters. The Bertz CT molecular complexity index is 7330. The Morgan fingerprint density at radius 3 is 1.15 bits per heavy atom. The number of anilines is 6. The maximum Gasteiger partial charge on any atom is 0.252 e. The number of aromatic nitrogens is 2. The Hall–Kier alpha value is -13.4. The van der Waals surface area contributed by atoms with Gasteiger partial charge >= 0.3 is 0 Å². The summed E-state index contributed by atoms with van der Waals surface area (Å²) in [5, 5.41) is 9.71. The number of rotatable bonds is 9. The lowest BCUT2D eigenvalue weighted by molar-refractivity contribution is 0.590. The first-order chi connectivity index (χ1) is 57.1. The van der Waals surface area contributed by atoms with Crippen molar-refractivity contribution in [1.82, 2.24) is 8.97 Å². The zero-order valence-corrected chi connectivity index (χ0v) is 69.0. The minimum Gasteiger partial charge on any atom is -0.456 e. The van der Waals surface area contributed by atoms with E-state index in [0.29, 0.717) is 0 Å². The van der Waals surface area contributed by atoms with E-state index in [-0.39, 0.29) is 28.4 Å². The fourth-order valence-corrected chi connectivity index (χ4v) is 19.7. The summed E-state index contributed by atoms with van der Waals surface area (Å²) >= 11 is 0. The molecule has 0 aliphatic carbocycles. The Kier molecular flexibility index (Phi) is 15.7. The molecule has 6 heterocycles. The highest BCUT2D eigenvalue weighted by molar-refractivity contribution is 7.00. The Morgan fingerprint density at radius 1 is 0.246 bits per heavy atom. The smallest absolute Gasteiger partial charge is 0.252 e. The molecule has 0 radical (unpaired) electrons. The second-order valence-electron chi connectivity index (χ2n) is 37.2. The molecule has 0 saturated heterocycles. The molecule has 5 nitrogen and oxygen atoms in total. The van der Waals surface area contributed by atoms with Gasteiger partial charge in [-0.3, -0.25) is 0 Å². The van der Waals surface area contributed by atoms with E-state index in [4.69, 9.17) is 4.42 Å². The van der Waals surface area contributed by atoms with Crippen molar-refractivity contribution < 1.29 is 4.42 Å². The normalized spacial score (nSPS) is 13.2. The van der Waals surface area contributed by atoms with E-state index >= 15 is 0 Å². The molecule has 0 unspecified atom stereocenters. The topological polar surface area (TPSA) is 29.0 Å². The quantitative estimate of drug-likeness (QED) is 0.135. The second-order valence-corrected chi connectivity index (χ2v) is 37.2. The van der Waals surface area contributed by atoms with Crippen LogP contribution in [0.4, 0.5) is 34.1 Å². The van der Waals surface area contributed by atoms with Crippen LogP contribution in [-0.2, 0) is 21.7 Å². The number of furan rings is 1. The Labute approximate surface area is 690 Å². The molecule has 118 heavy (non-hydrogen) atoms. The van der Waals surface area contributed by atoms with Crippen molar-refractivity contribution in [3.05, 3.63) is 356 Å². The van der Waals surface area contributed by atoms with Crippen molar-refractivity contribution in [2.45, 2.75) is 105 Å². The van der Waals surface area contributed by atoms with Crippen molar-refractivity contribution in [2.24, 2.45) is 0 Å². The molecule has 16 aromatic carbocycles. The van der Waals surface area contributed by atoms with Gasteiger partial charge in [0.1, 0.15) is 11.2 Å². The predicted molar refractivity (Wildman–Crippen MR) is 504 cm³/mol. The molecule has 0 spiro atoms. The fraction of sp³-hybridized carbons (Fsp3) is 0.143. The number of benzene rings is 16. The van der Waals surface area contributed by atoms with Crippen LogP contribution in [0.5, 0.6) is 0 Å². The molecule has 0 N–H and O–H groups in total. The van der Waals surface area contributed by atoms with Crippen LogP contribution >= 0.6 is 0 Å². The second kappa shape index (κ2) is 26.0. The summed E-state index contributed by atoms with van der Waals surface area (Å²) in [6.45, 7) is 27.9. The zero-order chi connectivity index (χ0) is 80.2. The van der Waals surface area contributed by atoms with Crippen LogP contribution in [0.15, 0.2) is 338 Å². The first-order valence-corrected chi connectivity index (χ1v) is 41.9. The lowest BCUT2D eigenvalue weighted by atomic mass is 9.33. The summed E-state index contributed by atoms with van der Waals surface area (Å²) in [5.41, 5.74) is 37.2. The van der Waals surface area contributed by atoms with Gasteiger partial charge in [0, 0.05) is 93.8 Å². The van der Waals surface area contributed by atoms with Gasteiger partial charge in [0.15, 0.2) is 0 Å². The molecule has 0 bridgehead atoms. The average Bonchev–Trinajstić information content (AvgIpc) is 0.945. The molecule has 568 valence electrons. The highest BCUT2D eigenvalue weighted by atomic mass is 16.3. The number of para-hydroxylation sites is 3. The summed E-state index contributed by atoms with van der Waals surface area (Å²) in [7, 11) is 0. The van der Waals surface area contributed by atoms with Crippen LogP contribution in [0.1, 0.15) is 105 Å². The largest absolute Gasteiger partial charge is 0.456 e. The van der Waals surface area contributed by atoms with Gasteiger partial charge in [-0.15, -0.1) is 0 Å². The maximum atomic E-state index is 6.75. The Morgan fingerprint density at radius 2 is 0.627 bits per heavy atom. The van der Waals surface area contributed by atoms with Crippen LogP contribution < -0.4 is 26.2 Å². The number of fused-ring (bicyclic) bond motifs is 16. The number of hydrogen-bond donors (Lipinski definition) is 0. The maximum absolute atomic E-state index is 6.75. The number of nitrogens with zero attached hydrogens (tertiary/aromatic N) is 4. The first kappa shape index (κ1) is 71.2. The van der Waals surface area contributed by atoms with Gasteiger partial charge in [-0.05, 0) is 220 Å². The minimum atomic E-state index is -0.304. The summed E-state index contributed by atoms with van der Waals surface area (Å²) in [4.78, 5) is 5.48. The summed E-state index contributed by atoms with van der Waals surface area (Å²) in [6.07, 6.45) is 0. The van der Waals surface area contributed by atoms with E-state index in [1.807, 2.05) is 0 Å². The Balaban J connectivity index is 0.918. The molecule has 0 saturated carbocycles. The van der Waals surface area contributed by atoms with E-state index in [1.54, 1.807) is 0 Å². The van der Waals surface area contributed by atoms with E-state index in [0.717, 1.165) is 129 Å². The molecular formula is C112H91BN4O. The first-order valence-electron chi connectivity index (χ1n) is 41.9. The minimum absolute atomic E-state index is 0.0801. The molecular weight excluding hydrogens is 1430 g/mol. The number of hydrogen-bond acceptors (Lipinski definition) is 3. The zero-order valence-electron chi connectivity index (χ0n) is 69.0. The summed E-state index contributed by atoms with van der Waals surface area (Å²) in [6, 6.07) is 128.